The summed E-state index contributed by atoms with van der Waals surface area (Å²) in [5.74, 6) is -2.00. The van der Waals surface area contributed by atoms with Crippen molar-refractivity contribution in [1.29, 1.82) is 0 Å². The minimum Gasteiger partial charge on any atom is -0.508 e. The monoisotopic (exact) mass is 834 g/mol. The molecule has 5 atom stereocenters. The Morgan fingerprint density at radius 2 is 1.61 bits per heavy atom. The molecule has 0 radical (unpaired) electrons. The Morgan fingerprint density at radius 1 is 0.934 bits per heavy atom. The van der Waals surface area contributed by atoms with Crippen LogP contribution >= 0.6 is 0 Å². The summed E-state index contributed by atoms with van der Waals surface area (Å²) >= 11 is 0. The molecule has 2 saturated carbocycles. The number of hydrogen-bond donors (Lipinski definition) is 3. The van der Waals surface area contributed by atoms with Crippen molar-refractivity contribution < 1.29 is 48.3 Å². The highest BCUT2D eigenvalue weighted by molar-refractivity contribution is 5.97. The maximum absolute atomic E-state index is 14.6. The molecule has 61 heavy (non-hydrogen) atoms. The maximum atomic E-state index is 14.6. The molecule has 3 aromatic carbocycles. The summed E-state index contributed by atoms with van der Waals surface area (Å²) in [6.45, 7) is 4.91. The first-order chi connectivity index (χ1) is 29.2. The van der Waals surface area contributed by atoms with Crippen molar-refractivity contribution in [2.45, 2.75) is 120 Å². The van der Waals surface area contributed by atoms with Crippen LogP contribution < -0.4 is 5.32 Å². The largest absolute Gasteiger partial charge is 0.508 e. The van der Waals surface area contributed by atoms with Crippen molar-refractivity contribution in [3.63, 3.8) is 0 Å². The topological polar surface area (TPSA) is 161 Å². The number of nitrogens with one attached hydrogen (secondary N) is 1. The summed E-state index contributed by atoms with van der Waals surface area (Å²) in [4.78, 5) is 56.4. The van der Waals surface area contributed by atoms with Crippen LogP contribution in [-0.2, 0) is 46.2 Å². The highest BCUT2D eigenvalue weighted by Gasteiger charge is 2.64. The number of nitrogens with zero attached hydrogens (tertiary/aromatic N) is 1. The Hall–Kier alpha value is -5.30. The Balaban J connectivity index is 1.08. The molecule has 3 aliphatic carbocycles. The number of amides is 2. The maximum Gasteiger partial charge on any atom is 0.338 e. The zero-order chi connectivity index (χ0) is 43.3. The third-order valence-corrected chi connectivity index (χ3v) is 11.8. The number of esters is 2. The third-order valence-electron chi connectivity index (χ3n) is 11.8. The summed E-state index contributed by atoms with van der Waals surface area (Å²) in [5, 5.41) is 23.2. The summed E-state index contributed by atoms with van der Waals surface area (Å²) in [5.41, 5.74) is 2.52. The first kappa shape index (κ1) is 43.8. The van der Waals surface area contributed by atoms with E-state index in [0.717, 1.165) is 42.4 Å². The predicted octanol–water partition coefficient (Wildman–Crippen LogP) is 6.47. The fourth-order valence-electron chi connectivity index (χ4n) is 8.30. The van der Waals surface area contributed by atoms with E-state index in [4.69, 9.17) is 18.9 Å². The average molecular weight is 835 g/mol. The highest BCUT2D eigenvalue weighted by Crippen LogP contribution is 2.59. The molecule has 3 N–H and O–H groups in total. The lowest BCUT2D eigenvalue weighted by molar-refractivity contribution is -0.209. The van der Waals surface area contributed by atoms with Gasteiger partial charge in [0.2, 0.25) is 11.8 Å². The number of carbonyl (C=O) groups excluding carboxylic acids is 4. The molecule has 0 spiro atoms. The molecule has 12 nitrogen and oxygen atoms in total. The quantitative estimate of drug-likeness (QED) is 0.129. The van der Waals surface area contributed by atoms with Gasteiger partial charge in [-0.15, -0.1) is 0 Å². The molecule has 1 heterocycles. The van der Waals surface area contributed by atoms with E-state index in [1.165, 1.54) is 4.90 Å². The Morgan fingerprint density at radius 3 is 2.25 bits per heavy atom. The molecule has 0 bridgehead atoms. The molecule has 0 aromatic heterocycles. The van der Waals surface area contributed by atoms with Crippen molar-refractivity contribution in [2.75, 3.05) is 13.7 Å². The van der Waals surface area contributed by atoms with Gasteiger partial charge in [-0.05, 0) is 100 Å². The lowest BCUT2D eigenvalue weighted by atomic mass is 9.90. The second kappa shape index (κ2) is 18.8. The van der Waals surface area contributed by atoms with Crippen LogP contribution in [-0.4, -0.2) is 94.3 Å². The van der Waals surface area contributed by atoms with Crippen LogP contribution in [0.25, 0.3) is 6.08 Å². The SMILES string of the molecule is CN(C(=O)C1=CC2OC(C3CC3)(C3CC3)OC2C(OC(=O)c2ccc(C=CCc3ccccc3O)cc2)C1)C(Cc1ccccc1)C(=O)NC(CO)CCC(=O)OC(C)(C)C. The molecule has 4 aliphatic rings. The number of ether oxygens (including phenoxy) is 4. The molecular formula is C49H58N2O10. The van der Waals surface area contributed by atoms with E-state index in [2.05, 4.69) is 5.32 Å². The van der Waals surface area contributed by atoms with E-state index in [1.54, 1.807) is 58.2 Å². The van der Waals surface area contributed by atoms with Crippen LogP contribution in [0.4, 0.5) is 0 Å². The van der Waals surface area contributed by atoms with Gasteiger partial charge in [-0.2, -0.15) is 0 Å². The number of allylic oxidation sites excluding steroid dienone is 1. The van der Waals surface area contributed by atoms with Crippen LogP contribution in [0.2, 0.25) is 0 Å². The molecule has 3 aromatic rings. The lowest BCUT2D eigenvalue weighted by Crippen LogP contribution is -2.53. The number of para-hydroxylation sites is 1. The molecule has 2 amide bonds. The molecule has 324 valence electrons. The smallest absolute Gasteiger partial charge is 0.338 e. The van der Waals surface area contributed by atoms with E-state index in [0.29, 0.717) is 17.6 Å². The molecule has 12 heteroatoms. The van der Waals surface area contributed by atoms with Gasteiger partial charge in [0, 0.05) is 43.7 Å². The van der Waals surface area contributed by atoms with Crippen molar-refractivity contribution in [2.24, 2.45) is 11.8 Å². The molecular weight excluding hydrogens is 777 g/mol. The number of benzene rings is 3. The Kier molecular flexibility index (Phi) is 13.5. The third kappa shape index (κ3) is 11.0. The zero-order valence-electron chi connectivity index (χ0n) is 35.5. The number of likely N-dealkylation sites (N-methyl/N-ethyl adjacent to an activating group) is 1. The fraction of sp³-hybridized carbons (Fsp3) is 0.469. The number of phenols is 1. The van der Waals surface area contributed by atoms with Crippen molar-refractivity contribution >= 4 is 29.8 Å². The van der Waals surface area contributed by atoms with Crippen LogP contribution in [0.5, 0.6) is 5.75 Å². The van der Waals surface area contributed by atoms with Gasteiger partial charge in [-0.3, -0.25) is 14.4 Å². The number of aromatic hydroxyl groups is 1. The summed E-state index contributed by atoms with van der Waals surface area (Å²) in [7, 11) is 1.57. The number of fused-ring (bicyclic) bond motifs is 1. The molecule has 1 saturated heterocycles. The highest BCUT2D eigenvalue weighted by atomic mass is 16.8. The van der Waals surface area contributed by atoms with Crippen LogP contribution in [0.1, 0.15) is 92.8 Å². The van der Waals surface area contributed by atoms with Gasteiger partial charge < -0.3 is 39.4 Å². The van der Waals surface area contributed by atoms with Gasteiger partial charge in [-0.25, -0.2) is 4.79 Å². The standard InChI is InChI=1S/C49H58N2O10/c1-48(2,3)60-43(54)26-25-38(30-52)50-45(55)39(27-32-11-6-5-7-12-32)51(4)46(56)35-28-41(44-42(29-35)59-49(61-44,36-21-22-36)37-23-24-37)58-47(57)34-19-17-31(18-20-34)13-10-15-33-14-8-9-16-40(33)53/h5-14,16-20,29,36-39,41-42,44,52-53H,15,21-28,30H2,1-4H3,(H,50,55). The first-order valence-electron chi connectivity index (χ1n) is 21.5. The van der Waals surface area contributed by atoms with Crippen molar-refractivity contribution in [3.05, 3.63) is 119 Å². The number of hydrogen-bond acceptors (Lipinski definition) is 10. The minimum absolute atomic E-state index is 0.0101. The summed E-state index contributed by atoms with van der Waals surface area (Å²) < 4.78 is 25.3. The minimum atomic E-state index is -0.992. The number of aliphatic hydroxyl groups is 1. The second-order valence-electron chi connectivity index (χ2n) is 17.8. The summed E-state index contributed by atoms with van der Waals surface area (Å²) in [6, 6.07) is 21.8. The Bertz CT molecular complexity index is 2090. The van der Waals surface area contributed by atoms with Crippen LogP contribution in [0.3, 0.4) is 0 Å². The van der Waals surface area contributed by atoms with E-state index >= 15 is 0 Å². The first-order valence-corrected chi connectivity index (χ1v) is 21.5. The van der Waals surface area contributed by atoms with Gasteiger partial charge in [-0.1, -0.05) is 72.8 Å². The van der Waals surface area contributed by atoms with E-state index < -0.39 is 72.1 Å². The van der Waals surface area contributed by atoms with E-state index in [9.17, 15) is 29.4 Å². The van der Waals surface area contributed by atoms with Crippen molar-refractivity contribution in [1.82, 2.24) is 10.2 Å². The average Bonchev–Trinajstić information content (AvgIpc) is 4.19. The number of rotatable bonds is 17. The molecule has 7 rings (SSSR count). The fourth-order valence-corrected chi connectivity index (χ4v) is 8.30. The summed E-state index contributed by atoms with van der Waals surface area (Å²) in [6.07, 6.45) is 8.37. The normalized spacial score (nSPS) is 21.8. The second-order valence-corrected chi connectivity index (χ2v) is 17.8. The number of phenolic OH excluding ortho intramolecular Hbond substituents is 1. The van der Waals surface area contributed by atoms with Crippen LogP contribution in [0, 0.1) is 11.8 Å². The zero-order valence-corrected chi connectivity index (χ0v) is 35.5. The molecule has 3 fully saturated rings. The van der Waals surface area contributed by atoms with Crippen LogP contribution in [0.15, 0.2) is 96.6 Å². The number of carbonyl (C=O) groups is 4. The molecule has 5 unspecified atom stereocenters. The van der Waals surface area contributed by atoms with Gasteiger partial charge in [0.1, 0.15) is 35.7 Å². The van der Waals surface area contributed by atoms with Gasteiger partial charge in [0.05, 0.1) is 18.2 Å². The Labute approximate surface area is 357 Å². The van der Waals surface area contributed by atoms with Gasteiger partial charge in [0.15, 0.2) is 5.79 Å². The number of aliphatic hydroxyl groups excluding tert-OH is 1. The van der Waals surface area contributed by atoms with Gasteiger partial charge >= 0.3 is 11.9 Å². The predicted molar refractivity (Wildman–Crippen MR) is 228 cm³/mol. The molecule has 1 aliphatic heterocycles. The van der Waals surface area contributed by atoms with Gasteiger partial charge in [0.25, 0.3) is 0 Å². The van der Waals surface area contributed by atoms with E-state index in [1.807, 2.05) is 66.7 Å². The lowest BCUT2D eigenvalue weighted by Gasteiger charge is -2.34. The van der Waals surface area contributed by atoms with E-state index in [-0.39, 0.29) is 43.3 Å². The van der Waals surface area contributed by atoms with Crippen molar-refractivity contribution in [3.8, 4) is 5.75 Å².